The van der Waals surface area contributed by atoms with Crippen molar-refractivity contribution in [2.75, 3.05) is 0 Å². The molecule has 0 saturated heterocycles. The van der Waals surface area contributed by atoms with Gasteiger partial charge in [-0.3, -0.25) is 4.98 Å². The van der Waals surface area contributed by atoms with Crippen LogP contribution >= 0.6 is 0 Å². The Kier molecular flexibility index (Phi) is 4.81. The second-order valence-electron chi connectivity index (χ2n) is 6.03. The third-order valence-corrected chi connectivity index (χ3v) is 4.43. The van der Waals surface area contributed by atoms with Crippen molar-refractivity contribution in [3.8, 4) is 0 Å². The first-order valence-corrected chi connectivity index (χ1v) is 8.31. The van der Waals surface area contributed by atoms with Crippen LogP contribution in [0.5, 0.6) is 0 Å². The van der Waals surface area contributed by atoms with Gasteiger partial charge in [0.05, 0.1) is 23.5 Å². The zero-order valence-corrected chi connectivity index (χ0v) is 14.9. The van der Waals surface area contributed by atoms with Gasteiger partial charge in [-0.1, -0.05) is 17.3 Å². The van der Waals surface area contributed by atoms with Gasteiger partial charge in [-0.15, -0.1) is 5.10 Å². The first-order valence-electron chi connectivity index (χ1n) is 8.31. The van der Waals surface area contributed by atoms with Gasteiger partial charge in [0.1, 0.15) is 5.52 Å². The Morgan fingerprint density at radius 1 is 1.23 bits per heavy atom. The number of hydrogen-bond donors (Lipinski definition) is 2. The van der Waals surface area contributed by atoms with E-state index in [-0.39, 0.29) is 6.61 Å². The molecule has 7 heteroatoms. The number of pyridine rings is 1. The number of carbonyl (C=O) groups is 1. The number of carboxylic acids is 1. The summed E-state index contributed by atoms with van der Waals surface area (Å²) in [5.74, 6) is -1.07. The van der Waals surface area contributed by atoms with E-state index >= 15 is 0 Å². The minimum atomic E-state index is -1.07. The first kappa shape index (κ1) is 17.8. The van der Waals surface area contributed by atoms with E-state index in [0.29, 0.717) is 23.5 Å². The summed E-state index contributed by atoms with van der Waals surface area (Å²) in [7, 11) is 0. The topological polar surface area (TPSA) is 101 Å². The molecule has 0 aliphatic rings. The summed E-state index contributed by atoms with van der Waals surface area (Å²) in [6.07, 6.45) is 1.14. The Morgan fingerprint density at radius 2 is 2.00 bits per heavy atom. The summed E-state index contributed by atoms with van der Waals surface area (Å²) in [4.78, 5) is 15.9. The number of benzene rings is 1. The van der Waals surface area contributed by atoms with E-state index in [4.69, 9.17) is 0 Å². The predicted octanol–water partition coefficient (Wildman–Crippen LogP) is 2.47. The second kappa shape index (κ2) is 7.05. The minimum absolute atomic E-state index is 0.205. The number of aliphatic carboxylic acids is 1. The van der Waals surface area contributed by atoms with E-state index in [1.54, 1.807) is 10.7 Å². The molecule has 0 unspecified atom stereocenters. The highest BCUT2D eigenvalue weighted by Gasteiger charge is 2.17. The molecule has 3 aromatic rings. The molecule has 0 radical (unpaired) electrons. The Morgan fingerprint density at radius 3 is 2.65 bits per heavy atom. The molecule has 0 fully saturated rings. The van der Waals surface area contributed by atoms with Crippen molar-refractivity contribution in [2.45, 2.75) is 33.9 Å². The summed E-state index contributed by atoms with van der Waals surface area (Å²) >= 11 is 0. The van der Waals surface area contributed by atoms with Gasteiger partial charge in [-0.25, -0.2) is 9.48 Å². The summed E-state index contributed by atoms with van der Waals surface area (Å²) in [6.45, 7) is 6.22. The van der Waals surface area contributed by atoms with Gasteiger partial charge in [0.15, 0.2) is 0 Å². The van der Waals surface area contributed by atoms with Crippen molar-refractivity contribution >= 4 is 22.6 Å². The number of aryl methyl sites for hydroxylation is 3. The molecular formula is C19H20N4O3. The Bertz CT molecular complexity index is 1020. The average Bonchev–Trinajstić information content (AvgIpc) is 3.05. The molecule has 0 spiro atoms. The van der Waals surface area contributed by atoms with E-state index in [1.165, 1.54) is 0 Å². The van der Waals surface area contributed by atoms with Crippen LogP contribution in [0.25, 0.3) is 16.6 Å². The Balaban J connectivity index is 2.23. The van der Waals surface area contributed by atoms with E-state index in [2.05, 4.69) is 15.3 Å². The molecule has 0 aliphatic heterocycles. The van der Waals surface area contributed by atoms with E-state index < -0.39 is 5.97 Å². The molecule has 3 rings (SSSR count). The lowest BCUT2D eigenvalue weighted by molar-refractivity contribution is -0.131. The molecule has 2 N–H and O–H groups in total. The Labute approximate surface area is 150 Å². The van der Waals surface area contributed by atoms with Gasteiger partial charge < -0.3 is 10.2 Å². The number of aromatic nitrogens is 4. The average molecular weight is 352 g/mol. The van der Waals surface area contributed by atoms with Crippen LogP contribution in [0.3, 0.4) is 0 Å². The molecule has 134 valence electrons. The van der Waals surface area contributed by atoms with Gasteiger partial charge in [0.25, 0.3) is 0 Å². The highest BCUT2D eigenvalue weighted by Crippen LogP contribution is 2.29. The number of carboxylic acid groups (broad SMARTS) is 1. The van der Waals surface area contributed by atoms with Gasteiger partial charge in [-0.05, 0) is 49.6 Å². The third kappa shape index (κ3) is 3.09. The van der Waals surface area contributed by atoms with Crippen LogP contribution in [0, 0.1) is 13.8 Å². The SMILES string of the molecule is CCn1nnc2c(C)c(/C(=C/C(=O)O)c3ccc(C)c(CO)n3)ccc21. The molecule has 26 heavy (non-hydrogen) atoms. The smallest absolute Gasteiger partial charge is 0.329 e. The van der Waals surface area contributed by atoms with Crippen LogP contribution in [0.2, 0.25) is 0 Å². The molecule has 0 bridgehead atoms. The van der Waals surface area contributed by atoms with Gasteiger partial charge in [-0.2, -0.15) is 0 Å². The van der Waals surface area contributed by atoms with Crippen LogP contribution in [0.1, 0.15) is 35.0 Å². The number of rotatable bonds is 5. The summed E-state index contributed by atoms with van der Waals surface area (Å²) in [5, 5.41) is 27.2. The molecule has 2 heterocycles. The van der Waals surface area contributed by atoms with Crippen molar-refractivity contribution in [1.29, 1.82) is 0 Å². The fourth-order valence-electron chi connectivity index (χ4n) is 2.99. The maximum absolute atomic E-state index is 11.4. The largest absolute Gasteiger partial charge is 0.478 e. The van der Waals surface area contributed by atoms with Crippen LogP contribution in [-0.2, 0) is 17.9 Å². The highest BCUT2D eigenvalue weighted by molar-refractivity contribution is 5.97. The Hall–Kier alpha value is -3.06. The lowest BCUT2D eigenvalue weighted by Gasteiger charge is -2.12. The number of aliphatic hydroxyl groups is 1. The first-order chi connectivity index (χ1) is 12.5. The van der Waals surface area contributed by atoms with Gasteiger partial charge in [0, 0.05) is 18.2 Å². The number of hydrogen-bond acceptors (Lipinski definition) is 5. The molecule has 0 atom stereocenters. The quantitative estimate of drug-likeness (QED) is 0.684. The summed E-state index contributed by atoms with van der Waals surface area (Å²) < 4.78 is 1.79. The second-order valence-corrected chi connectivity index (χ2v) is 6.03. The third-order valence-electron chi connectivity index (χ3n) is 4.43. The maximum Gasteiger partial charge on any atom is 0.329 e. The van der Waals surface area contributed by atoms with Crippen molar-refractivity contribution < 1.29 is 15.0 Å². The zero-order valence-electron chi connectivity index (χ0n) is 14.9. The predicted molar refractivity (Wildman–Crippen MR) is 97.6 cm³/mol. The fourth-order valence-corrected chi connectivity index (χ4v) is 2.99. The lowest BCUT2D eigenvalue weighted by Crippen LogP contribution is -2.03. The monoisotopic (exact) mass is 352 g/mol. The fraction of sp³-hybridized carbons (Fsp3) is 0.263. The van der Waals surface area contributed by atoms with Crippen molar-refractivity contribution in [2.24, 2.45) is 0 Å². The molecular weight excluding hydrogens is 332 g/mol. The molecule has 0 amide bonds. The van der Waals surface area contributed by atoms with Crippen molar-refractivity contribution in [1.82, 2.24) is 20.0 Å². The van der Waals surface area contributed by atoms with E-state index in [1.807, 2.05) is 39.0 Å². The van der Waals surface area contributed by atoms with Crippen molar-refractivity contribution in [3.05, 3.63) is 58.4 Å². The molecule has 0 aliphatic carbocycles. The van der Waals surface area contributed by atoms with Crippen molar-refractivity contribution in [3.63, 3.8) is 0 Å². The number of fused-ring (bicyclic) bond motifs is 1. The van der Waals surface area contributed by atoms with Gasteiger partial charge in [0.2, 0.25) is 0 Å². The normalized spacial score (nSPS) is 11.9. The highest BCUT2D eigenvalue weighted by atomic mass is 16.4. The van der Waals surface area contributed by atoms with Gasteiger partial charge >= 0.3 is 5.97 Å². The molecule has 2 aromatic heterocycles. The molecule has 1 aromatic carbocycles. The molecule has 0 saturated carbocycles. The van der Waals surface area contributed by atoms with Crippen LogP contribution in [0.15, 0.2) is 30.3 Å². The van der Waals surface area contributed by atoms with Crippen LogP contribution in [0.4, 0.5) is 0 Å². The van der Waals surface area contributed by atoms with Crippen LogP contribution < -0.4 is 0 Å². The van der Waals surface area contributed by atoms with Crippen LogP contribution in [-0.4, -0.2) is 36.2 Å². The number of aliphatic hydroxyl groups excluding tert-OH is 1. The standard InChI is InChI=1S/C19H20N4O3/c1-4-23-17-8-6-13(12(3)19(17)21-22-23)14(9-18(25)26)15-7-5-11(2)16(10-24)20-15/h5-9,24H,4,10H2,1-3H3,(H,25,26)/b14-9-. The van der Waals surface area contributed by atoms with E-state index in [0.717, 1.165) is 33.8 Å². The minimum Gasteiger partial charge on any atom is -0.478 e. The van der Waals surface area contributed by atoms with E-state index in [9.17, 15) is 15.0 Å². The number of nitrogens with zero attached hydrogens (tertiary/aromatic N) is 4. The zero-order chi connectivity index (χ0) is 18.8. The lowest BCUT2D eigenvalue weighted by atomic mass is 9.95. The maximum atomic E-state index is 11.4. The molecule has 7 nitrogen and oxygen atoms in total. The summed E-state index contributed by atoms with van der Waals surface area (Å²) in [5.41, 5.74) is 5.53. The summed E-state index contributed by atoms with van der Waals surface area (Å²) in [6, 6.07) is 7.33.